The minimum atomic E-state index is -0.510. The third kappa shape index (κ3) is 5.83. The van der Waals surface area contributed by atoms with Gasteiger partial charge >= 0.3 is 6.09 Å². The van der Waals surface area contributed by atoms with E-state index in [1.807, 2.05) is 45.0 Å². The van der Waals surface area contributed by atoms with Crippen molar-refractivity contribution < 1.29 is 9.53 Å². The van der Waals surface area contributed by atoms with Crippen LogP contribution in [-0.4, -0.2) is 17.0 Å². The standard InChI is InChI=1S/C14H19BrClNO2/c1-14(2,3)19-13(18)17-12(8-9-15)10-6-4-5-7-11(10)16/h4-7,12H,8-9H2,1-3H3,(H,17,18). The number of hydrogen-bond donors (Lipinski definition) is 1. The predicted molar refractivity (Wildman–Crippen MR) is 82.0 cm³/mol. The van der Waals surface area contributed by atoms with Gasteiger partial charge in [0.15, 0.2) is 0 Å². The van der Waals surface area contributed by atoms with Crippen LogP contribution < -0.4 is 5.32 Å². The molecule has 3 nitrogen and oxygen atoms in total. The number of carbonyl (C=O) groups is 1. The number of halogens is 2. The number of nitrogens with one attached hydrogen (secondary N) is 1. The Kier molecular flexibility index (Phi) is 6.14. The van der Waals surface area contributed by atoms with Crippen LogP contribution in [-0.2, 0) is 4.74 Å². The first-order valence-corrected chi connectivity index (χ1v) is 7.63. The zero-order chi connectivity index (χ0) is 14.5. The molecule has 1 rings (SSSR count). The molecule has 0 aliphatic carbocycles. The van der Waals surface area contributed by atoms with Crippen LogP contribution in [0.3, 0.4) is 0 Å². The summed E-state index contributed by atoms with van der Waals surface area (Å²) < 4.78 is 5.27. The molecule has 0 aliphatic heterocycles. The van der Waals surface area contributed by atoms with Gasteiger partial charge in [-0.2, -0.15) is 0 Å². The lowest BCUT2D eigenvalue weighted by Gasteiger charge is -2.24. The molecular weight excluding hydrogens is 330 g/mol. The molecule has 106 valence electrons. The summed E-state index contributed by atoms with van der Waals surface area (Å²) in [4.78, 5) is 11.8. The van der Waals surface area contributed by atoms with E-state index in [1.165, 1.54) is 0 Å². The van der Waals surface area contributed by atoms with Crippen molar-refractivity contribution in [1.29, 1.82) is 0 Å². The molecule has 0 radical (unpaired) electrons. The highest BCUT2D eigenvalue weighted by Crippen LogP contribution is 2.26. The highest BCUT2D eigenvalue weighted by molar-refractivity contribution is 9.09. The molecule has 0 heterocycles. The molecule has 0 bridgehead atoms. The average Bonchev–Trinajstić information content (AvgIpc) is 2.26. The molecule has 0 saturated carbocycles. The van der Waals surface area contributed by atoms with E-state index >= 15 is 0 Å². The van der Waals surface area contributed by atoms with Gasteiger partial charge in [-0.15, -0.1) is 0 Å². The van der Waals surface area contributed by atoms with Crippen molar-refractivity contribution in [3.8, 4) is 0 Å². The lowest BCUT2D eigenvalue weighted by Crippen LogP contribution is -2.35. The van der Waals surface area contributed by atoms with Gasteiger partial charge in [0.05, 0.1) is 6.04 Å². The summed E-state index contributed by atoms with van der Waals surface area (Å²) in [6.07, 6.45) is 0.307. The number of carbonyl (C=O) groups excluding carboxylic acids is 1. The van der Waals surface area contributed by atoms with Gasteiger partial charge in [0, 0.05) is 10.4 Å². The van der Waals surface area contributed by atoms with E-state index in [2.05, 4.69) is 21.2 Å². The second-order valence-corrected chi connectivity index (χ2v) is 6.40. The Hall–Kier alpha value is -0.740. The number of amides is 1. The molecule has 1 N–H and O–H groups in total. The van der Waals surface area contributed by atoms with Crippen LogP contribution in [0.5, 0.6) is 0 Å². The number of ether oxygens (including phenoxy) is 1. The molecule has 19 heavy (non-hydrogen) atoms. The van der Waals surface area contributed by atoms with E-state index < -0.39 is 11.7 Å². The summed E-state index contributed by atoms with van der Waals surface area (Å²) in [6, 6.07) is 7.33. The van der Waals surface area contributed by atoms with E-state index in [9.17, 15) is 4.79 Å². The van der Waals surface area contributed by atoms with Crippen LogP contribution in [0.15, 0.2) is 24.3 Å². The van der Waals surface area contributed by atoms with Gasteiger partial charge in [-0.25, -0.2) is 4.79 Å². The van der Waals surface area contributed by atoms with Crippen molar-refractivity contribution in [1.82, 2.24) is 5.32 Å². The van der Waals surface area contributed by atoms with Gasteiger partial charge in [-0.3, -0.25) is 0 Å². The summed E-state index contributed by atoms with van der Waals surface area (Å²) in [5.41, 5.74) is 0.387. The maximum Gasteiger partial charge on any atom is 0.408 e. The molecule has 1 unspecified atom stereocenters. The molecule has 1 aromatic carbocycles. The molecule has 0 fully saturated rings. The molecule has 5 heteroatoms. The number of alkyl carbamates (subject to hydrolysis) is 1. The lowest BCUT2D eigenvalue weighted by molar-refractivity contribution is 0.0502. The van der Waals surface area contributed by atoms with Gasteiger partial charge in [0.25, 0.3) is 0 Å². The quantitative estimate of drug-likeness (QED) is 0.802. The fourth-order valence-corrected chi connectivity index (χ4v) is 2.35. The van der Waals surface area contributed by atoms with Crippen molar-refractivity contribution >= 4 is 33.6 Å². The van der Waals surface area contributed by atoms with E-state index in [4.69, 9.17) is 16.3 Å². The Morgan fingerprint density at radius 1 is 1.42 bits per heavy atom. The van der Waals surface area contributed by atoms with Crippen molar-refractivity contribution in [2.75, 3.05) is 5.33 Å². The third-order valence-corrected chi connectivity index (χ3v) is 3.17. The highest BCUT2D eigenvalue weighted by atomic mass is 79.9. The number of benzene rings is 1. The van der Waals surface area contributed by atoms with E-state index in [0.717, 1.165) is 17.3 Å². The first-order valence-electron chi connectivity index (χ1n) is 6.13. The largest absolute Gasteiger partial charge is 0.444 e. The predicted octanol–water partition coefficient (Wildman–Crippen LogP) is 4.69. The van der Waals surface area contributed by atoms with Crippen LogP contribution >= 0.6 is 27.5 Å². The van der Waals surface area contributed by atoms with Gasteiger partial charge in [0.2, 0.25) is 0 Å². The lowest BCUT2D eigenvalue weighted by atomic mass is 10.0. The fraction of sp³-hybridized carbons (Fsp3) is 0.500. The molecule has 0 aliphatic rings. The maximum atomic E-state index is 11.8. The minimum absolute atomic E-state index is 0.164. The smallest absolute Gasteiger partial charge is 0.408 e. The van der Waals surface area contributed by atoms with E-state index in [0.29, 0.717) is 5.02 Å². The molecule has 1 atom stereocenters. The average molecular weight is 349 g/mol. The summed E-state index contributed by atoms with van der Waals surface area (Å²) in [7, 11) is 0. The minimum Gasteiger partial charge on any atom is -0.444 e. The van der Waals surface area contributed by atoms with Gasteiger partial charge in [-0.1, -0.05) is 45.7 Å². The molecule has 0 spiro atoms. The number of alkyl halides is 1. The van der Waals surface area contributed by atoms with Crippen LogP contribution in [0, 0.1) is 0 Å². The number of hydrogen-bond acceptors (Lipinski definition) is 2. The summed E-state index contributed by atoms with van der Waals surface area (Å²) in [5, 5.41) is 4.26. The first kappa shape index (κ1) is 16.3. The Morgan fingerprint density at radius 2 is 2.05 bits per heavy atom. The zero-order valence-corrected chi connectivity index (χ0v) is 13.7. The summed E-state index contributed by atoms with van der Waals surface area (Å²) in [5.74, 6) is 0. The van der Waals surface area contributed by atoms with Crippen LogP contribution in [0.2, 0.25) is 5.02 Å². The van der Waals surface area contributed by atoms with Crippen LogP contribution in [0.25, 0.3) is 0 Å². The maximum absolute atomic E-state index is 11.8. The second-order valence-electron chi connectivity index (χ2n) is 5.20. The van der Waals surface area contributed by atoms with Crippen molar-refractivity contribution in [2.24, 2.45) is 0 Å². The number of rotatable bonds is 4. The van der Waals surface area contributed by atoms with E-state index in [1.54, 1.807) is 0 Å². The third-order valence-electron chi connectivity index (χ3n) is 2.37. The van der Waals surface area contributed by atoms with Gasteiger partial charge in [0.1, 0.15) is 5.60 Å². The van der Waals surface area contributed by atoms with Crippen LogP contribution in [0.1, 0.15) is 38.8 Å². The molecule has 1 amide bonds. The monoisotopic (exact) mass is 347 g/mol. The highest BCUT2D eigenvalue weighted by Gasteiger charge is 2.21. The second kappa shape index (κ2) is 7.15. The molecule has 1 aromatic rings. The Balaban J connectivity index is 2.79. The Labute approximate surface area is 127 Å². The molecular formula is C14H19BrClNO2. The molecule has 0 aromatic heterocycles. The SMILES string of the molecule is CC(C)(C)OC(=O)NC(CCBr)c1ccccc1Cl. The Morgan fingerprint density at radius 3 is 2.58 bits per heavy atom. The van der Waals surface area contributed by atoms with Crippen molar-refractivity contribution in [3.05, 3.63) is 34.9 Å². The summed E-state index contributed by atoms with van der Waals surface area (Å²) in [6.45, 7) is 5.50. The summed E-state index contributed by atoms with van der Waals surface area (Å²) >= 11 is 9.55. The Bertz CT molecular complexity index is 432. The van der Waals surface area contributed by atoms with Gasteiger partial charge in [-0.05, 0) is 38.8 Å². The first-order chi connectivity index (χ1) is 8.83. The zero-order valence-electron chi connectivity index (χ0n) is 11.4. The van der Waals surface area contributed by atoms with Crippen molar-refractivity contribution in [3.63, 3.8) is 0 Å². The normalized spacial score (nSPS) is 12.9. The molecule has 0 saturated heterocycles. The van der Waals surface area contributed by atoms with Gasteiger partial charge < -0.3 is 10.1 Å². The topological polar surface area (TPSA) is 38.3 Å². The van der Waals surface area contributed by atoms with E-state index in [-0.39, 0.29) is 6.04 Å². The fourth-order valence-electron chi connectivity index (χ4n) is 1.62. The van der Waals surface area contributed by atoms with Crippen LogP contribution in [0.4, 0.5) is 4.79 Å². The van der Waals surface area contributed by atoms with Crippen molar-refractivity contribution in [2.45, 2.75) is 38.8 Å².